The fraction of sp³-hybridized carbons (Fsp3) is 0.222. The summed E-state index contributed by atoms with van der Waals surface area (Å²) in [5.74, 6) is -0.154. The summed E-state index contributed by atoms with van der Waals surface area (Å²) in [6, 6.07) is 1.38. The number of pyridine rings is 1. The van der Waals surface area contributed by atoms with E-state index in [0.29, 0.717) is 18.1 Å². The van der Waals surface area contributed by atoms with E-state index in [9.17, 15) is 4.39 Å². The molecule has 0 aromatic carbocycles. The van der Waals surface area contributed by atoms with Crippen molar-refractivity contribution in [3.63, 3.8) is 0 Å². The van der Waals surface area contributed by atoms with Crippen LogP contribution in [0.15, 0.2) is 18.8 Å². The number of hydrogen-bond donors (Lipinski definition) is 0. The molecule has 4 heteroatoms. The van der Waals surface area contributed by atoms with Gasteiger partial charge in [0, 0.05) is 0 Å². The quantitative estimate of drug-likeness (QED) is 0.702. The third-order valence-electron chi connectivity index (χ3n) is 1.41. The minimum atomic E-state index is -0.547. The fourth-order valence-electron chi connectivity index (χ4n) is 0.815. The molecule has 0 saturated heterocycles. The van der Waals surface area contributed by atoms with E-state index in [4.69, 9.17) is 16.3 Å². The van der Waals surface area contributed by atoms with Crippen molar-refractivity contribution in [2.24, 2.45) is 0 Å². The summed E-state index contributed by atoms with van der Waals surface area (Å²) in [4.78, 5) is 3.77. The molecule has 13 heavy (non-hydrogen) atoms. The highest BCUT2D eigenvalue weighted by Gasteiger charge is 2.05. The van der Waals surface area contributed by atoms with Crippen molar-refractivity contribution in [3.05, 3.63) is 35.4 Å². The second-order valence-electron chi connectivity index (χ2n) is 2.34. The van der Waals surface area contributed by atoms with Crippen LogP contribution in [0.4, 0.5) is 4.39 Å². The van der Waals surface area contributed by atoms with Crippen LogP contribution in [0.25, 0.3) is 5.76 Å². The van der Waals surface area contributed by atoms with E-state index in [2.05, 4.69) is 11.6 Å². The summed E-state index contributed by atoms with van der Waals surface area (Å²) in [6.07, 6.45) is 1.04. The van der Waals surface area contributed by atoms with Gasteiger partial charge in [0.25, 0.3) is 0 Å². The Hall–Kier alpha value is -1.09. The van der Waals surface area contributed by atoms with Crippen molar-refractivity contribution in [2.75, 3.05) is 6.61 Å². The normalized spacial score (nSPS) is 9.77. The van der Waals surface area contributed by atoms with Crippen molar-refractivity contribution in [3.8, 4) is 0 Å². The smallest absolute Gasteiger partial charge is 0.160 e. The molecule has 0 aliphatic rings. The lowest BCUT2D eigenvalue weighted by atomic mass is 10.3. The second-order valence-corrected chi connectivity index (χ2v) is 2.75. The lowest BCUT2D eigenvalue weighted by Gasteiger charge is -2.05. The third-order valence-corrected chi connectivity index (χ3v) is 1.70. The summed E-state index contributed by atoms with van der Waals surface area (Å²) in [5.41, 5.74) is 0.452. The van der Waals surface area contributed by atoms with Crippen molar-refractivity contribution in [2.45, 2.75) is 6.92 Å². The van der Waals surface area contributed by atoms with Crippen LogP contribution in [-0.2, 0) is 4.74 Å². The van der Waals surface area contributed by atoms with Crippen molar-refractivity contribution >= 4 is 17.4 Å². The maximum absolute atomic E-state index is 12.7. The first kappa shape index (κ1) is 9.99. The molecule has 0 amide bonds. The van der Waals surface area contributed by atoms with E-state index in [0.717, 1.165) is 6.20 Å². The molecular weight excluding hydrogens is 193 g/mol. The fourth-order valence-corrected chi connectivity index (χ4v) is 0.967. The summed E-state index contributed by atoms with van der Waals surface area (Å²) in [6.45, 7) is 5.94. The maximum atomic E-state index is 12.7. The molecular formula is C9H9ClFNO. The minimum Gasteiger partial charge on any atom is -0.492 e. The predicted octanol–water partition coefficient (Wildman–Crippen LogP) is 2.88. The highest BCUT2D eigenvalue weighted by Crippen LogP contribution is 2.18. The Labute approximate surface area is 81.0 Å². The van der Waals surface area contributed by atoms with Gasteiger partial charge in [-0.2, -0.15) is 0 Å². The van der Waals surface area contributed by atoms with Crippen LogP contribution in [0.5, 0.6) is 0 Å². The van der Waals surface area contributed by atoms with Crippen LogP contribution in [0.1, 0.15) is 12.6 Å². The van der Waals surface area contributed by atoms with Crippen LogP contribution >= 0.6 is 11.6 Å². The number of aromatic nitrogens is 1. The summed E-state index contributed by atoms with van der Waals surface area (Å²) >= 11 is 5.55. The molecule has 0 atom stereocenters. The Morgan fingerprint density at radius 1 is 1.77 bits per heavy atom. The van der Waals surface area contributed by atoms with Gasteiger partial charge in [-0.15, -0.1) is 0 Å². The van der Waals surface area contributed by atoms with E-state index < -0.39 is 5.82 Å². The Morgan fingerprint density at radius 2 is 2.46 bits per heavy atom. The van der Waals surface area contributed by atoms with Gasteiger partial charge in [0.05, 0.1) is 17.8 Å². The van der Waals surface area contributed by atoms with Crippen molar-refractivity contribution in [1.29, 1.82) is 0 Å². The Morgan fingerprint density at radius 3 is 3.00 bits per heavy atom. The highest BCUT2D eigenvalue weighted by molar-refractivity contribution is 6.30. The van der Waals surface area contributed by atoms with Gasteiger partial charge >= 0.3 is 0 Å². The van der Waals surface area contributed by atoms with E-state index in [1.54, 1.807) is 0 Å². The van der Waals surface area contributed by atoms with Gasteiger partial charge in [-0.25, -0.2) is 9.37 Å². The van der Waals surface area contributed by atoms with Crippen LogP contribution in [0.3, 0.4) is 0 Å². The zero-order chi connectivity index (χ0) is 9.84. The molecule has 1 aromatic heterocycles. The molecule has 1 rings (SSSR count). The average Bonchev–Trinajstić information content (AvgIpc) is 2.10. The monoisotopic (exact) mass is 201 g/mol. The number of ether oxygens (including phenoxy) is 1. The predicted molar refractivity (Wildman–Crippen MR) is 49.9 cm³/mol. The molecule has 1 aromatic rings. The molecule has 0 unspecified atom stereocenters. The maximum Gasteiger partial charge on any atom is 0.160 e. The molecule has 0 bridgehead atoms. The number of rotatable bonds is 3. The van der Waals surface area contributed by atoms with E-state index in [-0.39, 0.29) is 5.02 Å². The van der Waals surface area contributed by atoms with E-state index in [1.807, 2.05) is 6.92 Å². The molecule has 2 nitrogen and oxygen atoms in total. The van der Waals surface area contributed by atoms with Gasteiger partial charge in [0.15, 0.2) is 5.82 Å². The van der Waals surface area contributed by atoms with Crippen LogP contribution < -0.4 is 0 Å². The topological polar surface area (TPSA) is 22.1 Å². The lowest BCUT2D eigenvalue weighted by molar-refractivity contribution is 0.297. The second kappa shape index (κ2) is 4.23. The molecule has 0 saturated carbocycles. The highest BCUT2D eigenvalue weighted by atomic mass is 35.5. The number of nitrogens with zero attached hydrogens (tertiary/aromatic N) is 1. The third kappa shape index (κ3) is 2.42. The van der Waals surface area contributed by atoms with E-state index >= 15 is 0 Å². The first-order valence-corrected chi connectivity index (χ1v) is 4.16. The van der Waals surface area contributed by atoms with Gasteiger partial charge in [0.1, 0.15) is 11.5 Å². The molecule has 0 spiro atoms. The zero-order valence-electron chi connectivity index (χ0n) is 7.18. The summed E-state index contributed by atoms with van der Waals surface area (Å²) in [5, 5.41) is 0.0193. The number of hydrogen-bond acceptors (Lipinski definition) is 2. The van der Waals surface area contributed by atoms with Crippen LogP contribution in [0, 0.1) is 5.82 Å². The minimum absolute atomic E-state index is 0.0193. The Bertz CT molecular complexity index is 327. The van der Waals surface area contributed by atoms with Gasteiger partial charge in [-0.05, 0) is 13.0 Å². The Balaban J connectivity index is 2.90. The van der Waals surface area contributed by atoms with E-state index in [1.165, 1.54) is 6.07 Å². The molecule has 0 N–H and O–H groups in total. The SMILES string of the molecule is C=C(OCC)c1cc(Cl)c(F)cn1. The first-order chi connectivity index (χ1) is 6.15. The van der Waals surface area contributed by atoms with Crippen LogP contribution in [-0.4, -0.2) is 11.6 Å². The number of halogens is 2. The molecule has 0 aliphatic carbocycles. The van der Waals surface area contributed by atoms with Crippen molar-refractivity contribution in [1.82, 2.24) is 4.98 Å². The van der Waals surface area contributed by atoms with Crippen molar-refractivity contribution < 1.29 is 9.13 Å². The molecule has 0 aliphatic heterocycles. The standard InChI is InChI=1S/C9H9ClFNO/c1-3-13-6(2)9-4-7(10)8(11)5-12-9/h4-5H,2-3H2,1H3. The summed E-state index contributed by atoms with van der Waals surface area (Å²) in [7, 11) is 0. The largest absolute Gasteiger partial charge is 0.492 e. The Kier molecular flexibility index (Phi) is 3.25. The molecule has 0 fully saturated rings. The average molecular weight is 202 g/mol. The van der Waals surface area contributed by atoms with Gasteiger partial charge < -0.3 is 4.74 Å². The van der Waals surface area contributed by atoms with Gasteiger partial charge in [-0.3, -0.25) is 0 Å². The first-order valence-electron chi connectivity index (χ1n) is 3.78. The zero-order valence-corrected chi connectivity index (χ0v) is 7.94. The molecule has 0 radical (unpaired) electrons. The van der Waals surface area contributed by atoms with Crippen LogP contribution in [0.2, 0.25) is 5.02 Å². The summed E-state index contributed by atoms with van der Waals surface area (Å²) < 4.78 is 17.8. The molecule has 70 valence electrons. The van der Waals surface area contributed by atoms with Gasteiger partial charge in [-0.1, -0.05) is 18.2 Å². The van der Waals surface area contributed by atoms with Gasteiger partial charge in [0.2, 0.25) is 0 Å². The lowest BCUT2D eigenvalue weighted by Crippen LogP contribution is -1.94. The molecule has 1 heterocycles.